The predicted molar refractivity (Wildman–Crippen MR) is 168 cm³/mol. The molecular weight excluding hydrogens is 492 g/mol. The number of nitrogens with zero attached hydrogens (tertiary/aromatic N) is 3. The molecule has 0 saturated carbocycles. The van der Waals surface area contributed by atoms with Gasteiger partial charge in [-0.15, -0.1) is 0 Å². The van der Waals surface area contributed by atoms with Crippen LogP contribution in [0.3, 0.4) is 0 Å². The molecule has 4 heterocycles. The number of aryl methyl sites for hydroxylation is 1. The van der Waals surface area contributed by atoms with Crippen molar-refractivity contribution in [1.82, 2.24) is 30.5 Å². The van der Waals surface area contributed by atoms with Crippen LogP contribution in [-0.4, -0.2) is 38.2 Å². The Bertz CT molecular complexity index is 1570. The Hall–Kier alpha value is -4.29. The zero-order valence-electron chi connectivity index (χ0n) is 23.9. The van der Waals surface area contributed by atoms with Crippen LogP contribution >= 0.6 is 0 Å². The molecule has 0 amide bonds. The highest BCUT2D eigenvalue weighted by Crippen LogP contribution is 2.27. The van der Waals surface area contributed by atoms with E-state index in [0.717, 1.165) is 69.4 Å². The highest BCUT2D eigenvalue weighted by atomic mass is 15.1. The van der Waals surface area contributed by atoms with E-state index in [-0.39, 0.29) is 0 Å². The standard InChI is InChI=1S/C34H40N6/c1-7-12-29(28-13-11-16-36-22-28)32-24(6)37-34(38-32)33-30(31(10-4)39-40-33)19-23(5)27(9-3)21-25(8-2)20-26-14-17-35-18-15-26/h7-13,16,19,21-22,26,35,39H,1-2,5,14-15,17-18,20H2,3-4,6H3,(H,37,38)/b25-21+,27-9+,29-12-,30-19+,31-10+. The number of nitrogens with one attached hydrogen (secondary N) is 3. The van der Waals surface area contributed by atoms with Gasteiger partial charge in [0.2, 0.25) is 0 Å². The fourth-order valence-electron chi connectivity index (χ4n) is 5.14. The van der Waals surface area contributed by atoms with Crippen molar-refractivity contribution in [2.24, 2.45) is 5.92 Å². The SMILES string of the molecule is C=C/C=C(/c1cccnc1)c1nc(-c2n[nH]c(=C/C)/c2=C\C(=C)C(/C=C(\C=C)CC2CCNCC2)=C/C)[nH]c1C. The van der Waals surface area contributed by atoms with Gasteiger partial charge in [-0.3, -0.25) is 10.1 Å². The molecular formula is C34H40N6. The van der Waals surface area contributed by atoms with Crippen LogP contribution in [0.15, 0.2) is 91.4 Å². The average Bonchev–Trinajstić information content (AvgIpc) is 3.57. The molecule has 1 aliphatic heterocycles. The molecule has 0 bridgehead atoms. The summed E-state index contributed by atoms with van der Waals surface area (Å²) in [6.45, 7) is 20.7. The van der Waals surface area contributed by atoms with E-state index in [1.54, 1.807) is 12.3 Å². The van der Waals surface area contributed by atoms with Crippen LogP contribution in [-0.2, 0) is 0 Å². The summed E-state index contributed by atoms with van der Waals surface area (Å²) in [6, 6.07) is 3.94. The summed E-state index contributed by atoms with van der Waals surface area (Å²) in [5.41, 5.74) is 7.66. The number of aromatic nitrogens is 5. The molecule has 6 heteroatoms. The second kappa shape index (κ2) is 13.7. The Balaban J connectivity index is 1.71. The molecule has 4 rings (SSSR count). The number of hydrogen-bond donors (Lipinski definition) is 3. The molecule has 1 aliphatic rings. The van der Waals surface area contributed by atoms with Crippen molar-refractivity contribution in [2.45, 2.75) is 40.0 Å². The number of rotatable bonds is 10. The number of aromatic amines is 2. The van der Waals surface area contributed by atoms with Gasteiger partial charge in [-0.25, -0.2) is 4.98 Å². The topological polar surface area (TPSA) is 82.3 Å². The third-order valence-electron chi connectivity index (χ3n) is 7.33. The summed E-state index contributed by atoms with van der Waals surface area (Å²) >= 11 is 0. The summed E-state index contributed by atoms with van der Waals surface area (Å²) < 4.78 is 0. The van der Waals surface area contributed by atoms with Crippen molar-refractivity contribution in [3.05, 3.63) is 119 Å². The molecule has 40 heavy (non-hydrogen) atoms. The maximum Gasteiger partial charge on any atom is 0.159 e. The Morgan fingerprint density at radius 1 is 1.18 bits per heavy atom. The smallest absolute Gasteiger partial charge is 0.159 e. The van der Waals surface area contributed by atoms with E-state index in [2.05, 4.69) is 63.4 Å². The van der Waals surface area contributed by atoms with Crippen molar-refractivity contribution in [3.63, 3.8) is 0 Å². The van der Waals surface area contributed by atoms with E-state index in [4.69, 9.17) is 4.98 Å². The fourth-order valence-corrected chi connectivity index (χ4v) is 5.14. The van der Waals surface area contributed by atoms with Crippen LogP contribution in [0.4, 0.5) is 0 Å². The first kappa shape index (κ1) is 28.7. The minimum Gasteiger partial charge on any atom is -0.340 e. The third kappa shape index (κ3) is 6.64. The Kier molecular flexibility index (Phi) is 9.81. The van der Waals surface area contributed by atoms with Crippen molar-refractivity contribution < 1.29 is 0 Å². The van der Waals surface area contributed by atoms with E-state index >= 15 is 0 Å². The van der Waals surface area contributed by atoms with Gasteiger partial charge in [0.05, 0.1) is 11.0 Å². The maximum atomic E-state index is 4.99. The first-order valence-corrected chi connectivity index (χ1v) is 13.9. The van der Waals surface area contributed by atoms with Crippen molar-refractivity contribution in [1.29, 1.82) is 0 Å². The summed E-state index contributed by atoms with van der Waals surface area (Å²) in [6.07, 6.45) is 21.2. The maximum absolute atomic E-state index is 4.99. The minimum atomic E-state index is 0.685. The zero-order chi connectivity index (χ0) is 28.5. The lowest BCUT2D eigenvalue weighted by molar-refractivity contribution is 0.374. The molecule has 1 saturated heterocycles. The second-order valence-electron chi connectivity index (χ2n) is 10.0. The highest BCUT2D eigenvalue weighted by molar-refractivity contribution is 5.80. The molecule has 0 spiro atoms. The van der Waals surface area contributed by atoms with E-state index in [0.29, 0.717) is 11.7 Å². The molecule has 3 aromatic rings. The van der Waals surface area contributed by atoms with Crippen LogP contribution in [0.25, 0.3) is 29.2 Å². The quantitative estimate of drug-likeness (QED) is 0.292. The van der Waals surface area contributed by atoms with E-state index in [9.17, 15) is 0 Å². The number of allylic oxidation sites excluding steroid dienone is 8. The monoisotopic (exact) mass is 532 g/mol. The number of imidazole rings is 1. The molecule has 3 aromatic heterocycles. The second-order valence-corrected chi connectivity index (χ2v) is 10.0. The number of H-pyrrole nitrogens is 2. The van der Waals surface area contributed by atoms with Gasteiger partial charge in [0.1, 0.15) is 5.69 Å². The molecule has 1 fully saturated rings. The summed E-state index contributed by atoms with van der Waals surface area (Å²) in [5, 5.41) is 13.1. The van der Waals surface area contributed by atoms with Gasteiger partial charge in [0, 0.05) is 34.4 Å². The van der Waals surface area contributed by atoms with Gasteiger partial charge in [0.15, 0.2) is 5.82 Å². The number of piperidine rings is 1. The molecule has 0 aromatic carbocycles. The van der Waals surface area contributed by atoms with Crippen LogP contribution in [0.5, 0.6) is 0 Å². The summed E-state index contributed by atoms with van der Waals surface area (Å²) in [5.74, 6) is 1.37. The predicted octanol–water partition coefficient (Wildman–Crippen LogP) is 5.71. The Morgan fingerprint density at radius 2 is 1.98 bits per heavy atom. The van der Waals surface area contributed by atoms with Gasteiger partial charge < -0.3 is 10.3 Å². The van der Waals surface area contributed by atoms with Crippen LogP contribution in [0.1, 0.15) is 50.1 Å². The molecule has 206 valence electrons. The minimum absolute atomic E-state index is 0.685. The van der Waals surface area contributed by atoms with Gasteiger partial charge in [-0.2, -0.15) is 5.10 Å². The molecule has 6 nitrogen and oxygen atoms in total. The molecule has 0 atom stereocenters. The normalized spacial score (nSPS) is 16.4. The van der Waals surface area contributed by atoms with Crippen LogP contribution < -0.4 is 15.9 Å². The molecule has 0 radical (unpaired) electrons. The van der Waals surface area contributed by atoms with Crippen molar-refractivity contribution >= 4 is 17.7 Å². The van der Waals surface area contributed by atoms with E-state index < -0.39 is 0 Å². The average molecular weight is 533 g/mol. The number of hydrogen-bond acceptors (Lipinski definition) is 4. The lowest BCUT2D eigenvalue weighted by atomic mass is 9.89. The first-order valence-electron chi connectivity index (χ1n) is 13.9. The highest BCUT2D eigenvalue weighted by Gasteiger charge is 2.17. The van der Waals surface area contributed by atoms with Crippen molar-refractivity contribution in [2.75, 3.05) is 13.1 Å². The lowest BCUT2D eigenvalue weighted by Gasteiger charge is -2.23. The van der Waals surface area contributed by atoms with Crippen molar-refractivity contribution in [3.8, 4) is 11.5 Å². The Labute approximate surface area is 237 Å². The first-order chi connectivity index (χ1) is 19.5. The van der Waals surface area contributed by atoms with Gasteiger partial charge in [-0.1, -0.05) is 62.3 Å². The molecule has 3 N–H and O–H groups in total. The van der Waals surface area contributed by atoms with Gasteiger partial charge in [0.25, 0.3) is 0 Å². The third-order valence-corrected chi connectivity index (χ3v) is 7.33. The summed E-state index contributed by atoms with van der Waals surface area (Å²) in [4.78, 5) is 12.7. The summed E-state index contributed by atoms with van der Waals surface area (Å²) in [7, 11) is 0. The Morgan fingerprint density at radius 3 is 2.62 bits per heavy atom. The molecule has 0 unspecified atom stereocenters. The largest absolute Gasteiger partial charge is 0.340 e. The van der Waals surface area contributed by atoms with Gasteiger partial charge in [-0.05, 0) is 87.9 Å². The fraction of sp³-hybridized carbons (Fsp3) is 0.265. The van der Waals surface area contributed by atoms with Crippen LogP contribution in [0.2, 0.25) is 0 Å². The van der Waals surface area contributed by atoms with E-state index in [1.165, 1.54) is 18.4 Å². The van der Waals surface area contributed by atoms with Crippen LogP contribution in [0, 0.1) is 12.8 Å². The lowest BCUT2D eigenvalue weighted by Crippen LogP contribution is -2.27. The van der Waals surface area contributed by atoms with E-state index in [1.807, 2.05) is 57.3 Å². The number of pyridine rings is 1. The van der Waals surface area contributed by atoms with Gasteiger partial charge >= 0.3 is 0 Å². The molecule has 0 aliphatic carbocycles. The zero-order valence-corrected chi connectivity index (χ0v) is 23.9.